The van der Waals surface area contributed by atoms with E-state index in [1.165, 1.54) is 17.2 Å². The predicted octanol–water partition coefficient (Wildman–Crippen LogP) is 1.70. The highest BCUT2D eigenvalue weighted by Crippen LogP contribution is 2.11. The average Bonchev–Trinajstić information content (AvgIpc) is 2.95. The molecule has 20 heavy (non-hydrogen) atoms. The van der Waals surface area contributed by atoms with Crippen molar-refractivity contribution in [2.45, 2.75) is 13.5 Å². The Labute approximate surface area is 116 Å². The first-order chi connectivity index (χ1) is 9.72. The third kappa shape index (κ3) is 3.50. The maximum atomic E-state index is 11.5. The van der Waals surface area contributed by atoms with E-state index in [9.17, 15) is 4.79 Å². The summed E-state index contributed by atoms with van der Waals surface area (Å²) >= 11 is 0. The van der Waals surface area contributed by atoms with E-state index in [0.29, 0.717) is 18.8 Å². The fraction of sp³-hybridized carbons (Fsp3) is 0.286. The van der Waals surface area contributed by atoms with Crippen LogP contribution < -0.4 is 9.57 Å². The van der Waals surface area contributed by atoms with Gasteiger partial charge >= 0.3 is 5.97 Å². The van der Waals surface area contributed by atoms with E-state index >= 15 is 0 Å². The maximum Gasteiger partial charge on any atom is 0.341 e. The maximum absolute atomic E-state index is 11.5. The van der Waals surface area contributed by atoms with Crippen molar-refractivity contribution in [2.24, 2.45) is 0 Å². The summed E-state index contributed by atoms with van der Waals surface area (Å²) in [6.45, 7) is 2.42. The normalized spacial score (nSPS) is 10.1. The van der Waals surface area contributed by atoms with Crippen LogP contribution in [0, 0.1) is 0 Å². The van der Waals surface area contributed by atoms with Gasteiger partial charge in [0.05, 0.1) is 26.1 Å². The molecule has 0 spiro atoms. The van der Waals surface area contributed by atoms with E-state index in [1.54, 1.807) is 14.0 Å². The summed E-state index contributed by atoms with van der Waals surface area (Å²) in [5.74, 6) is 0.379. The lowest BCUT2D eigenvalue weighted by Gasteiger charge is -2.05. The van der Waals surface area contributed by atoms with E-state index in [2.05, 4.69) is 5.10 Å². The highest BCUT2D eigenvalue weighted by Gasteiger charge is 2.09. The fourth-order valence-corrected chi connectivity index (χ4v) is 1.56. The summed E-state index contributed by atoms with van der Waals surface area (Å²) in [5.41, 5.74) is 1.33. The number of esters is 1. The second-order valence-corrected chi connectivity index (χ2v) is 3.97. The molecule has 0 saturated carbocycles. The van der Waals surface area contributed by atoms with Gasteiger partial charge in [0.1, 0.15) is 17.9 Å². The van der Waals surface area contributed by atoms with Gasteiger partial charge in [-0.25, -0.2) is 4.79 Å². The van der Waals surface area contributed by atoms with Crippen LogP contribution in [0.25, 0.3) is 0 Å². The molecular formula is C14H16N2O4. The van der Waals surface area contributed by atoms with Crippen molar-refractivity contribution in [3.63, 3.8) is 0 Å². The smallest absolute Gasteiger partial charge is 0.341 e. The fourth-order valence-electron chi connectivity index (χ4n) is 1.56. The molecule has 0 N–H and O–H groups in total. The zero-order valence-corrected chi connectivity index (χ0v) is 11.4. The number of carbonyl (C=O) groups excluding carboxylic acids is 1. The van der Waals surface area contributed by atoms with E-state index in [4.69, 9.17) is 14.3 Å². The van der Waals surface area contributed by atoms with Crippen LogP contribution in [0.5, 0.6) is 5.75 Å². The molecule has 0 aliphatic heterocycles. The van der Waals surface area contributed by atoms with Crippen LogP contribution in [0.15, 0.2) is 36.7 Å². The number of rotatable bonds is 6. The summed E-state index contributed by atoms with van der Waals surface area (Å²) in [7, 11) is 1.62. The van der Waals surface area contributed by atoms with Crippen LogP contribution in [0.3, 0.4) is 0 Å². The first-order valence-electron chi connectivity index (χ1n) is 6.21. The third-order valence-electron chi connectivity index (χ3n) is 2.59. The Morgan fingerprint density at radius 3 is 2.70 bits per heavy atom. The zero-order valence-electron chi connectivity index (χ0n) is 11.4. The zero-order chi connectivity index (χ0) is 14.4. The molecule has 0 saturated heterocycles. The standard InChI is InChI=1S/C14H16N2O4/c1-3-19-14(17)12-8-15-16(9-12)20-10-11-4-6-13(18-2)7-5-11/h4-9H,3,10H2,1-2H3. The second kappa shape index (κ2) is 6.60. The molecule has 2 aromatic rings. The number of aromatic nitrogens is 2. The summed E-state index contributed by atoms with van der Waals surface area (Å²) in [6.07, 6.45) is 2.90. The summed E-state index contributed by atoms with van der Waals surface area (Å²) in [6, 6.07) is 7.50. The molecule has 1 heterocycles. The van der Waals surface area contributed by atoms with Gasteiger partial charge in [-0.05, 0) is 24.6 Å². The molecule has 6 heteroatoms. The molecule has 6 nitrogen and oxygen atoms in total. The predicted molar refractivity (Wildman–Crippen MR) is 71.5 cm³/mol. The van der Waals surface area contributed by atoms with Gasteiger partial charge in [0, 0.05) is 0 Å². The third-order valence-corrected chi connectivity index (χ3v) is 2.59. The van der Waals surface area contributed by atoms with E-state index in [0.717, 1.165) is 11.3 Å². The highest BCUT2D eigenvalue weighted by atomic mass is 16.7. The topological polar surface area (TPSA) is 62.6 Å². The van der Waals surface area contributed by atoms with Crippen molar-refractivity contribution in [1.82, 2.24) is 9.94 Å². The molecule has 106 valence electrons. The molecule has 0 aliphatic carbocycles. The molecule has 1 aromatic heterocycles. The number of benzene rings is 1. The van der Waals surface area contributed by atoms with E-state index in [1.807, 2.05) is 24.3 Å². The Kier molecular flexibility index (Phi) is 4.60. The molecule has 0 bridgehead atoms. The SMILES string of the molecule is CCOC(=O)c1cnn(OCc2ccc(OC)cc2)c1. The molecule has 0 unspecified atom stereocenters. The number of ether oxygens (including phenoxy) is 2. The Morgan fingerprint density at radius 2 is 2.05 bits per heavy atom. The summed E-state index contributed by atoms with van der Waals surface area (Å²) in [4.78, 5) is 18.1. The van der Waals surface area contributed by atoms with E-state index in [-0.39, 0.29) is 0 Å². The molecule has 0 fully saturated rings. The Balaban J connectivity index is 1.91. The molecule has 0 amide bonds. The number of hydrogen-bond donors (Lipinski definition) is 0. The van der Waals surface area contributed by atoms with Gasteiger partial charge in [-0.15, -0.1) is 9.94 Å². The largest absolute Gasteiger partial charge is 0.497 e. The van der Waals surface area contributed by atoms with Crippen LogP contribution in [-0.4, -0.2) is 29.6 Å². The van der Waals surface area contributed by atoms with Crippen LogP contribution in [0.1, 0.15) is 22.8 Å². The molecular weight excluding hydrogens is 260 g/mol. The number of hydrogen-bond acceptors (Lipinski definition) is 5. The van der Waals surface area contributed by atoms with Crippen molar-refractivity contribution in [1.29, 1.82) is 0 Å². The van der Waals surface area contributed by atoms with E-state index < -0.39 is 5.97 Å². The minimum Gasteiger partial charge on any atom is -0.497 e. The Bertz CT molecular complexity index is 563. The van der Waals surface area contributed by atoms with Gasteiger partial charge in [0.2, 0.25) is 0 Å². The number of nitrogens with zero attached hydrogens (tertiary/aromatic N) is 2. The number of methoxy groups -OCH3 is 1. The van der Waals surface area contributed by atoms with Crippen molar-refractivity contribution < 1.29 is 19.1 Å². The lowest BCUT2D eigenvalue weighted by Crippen LogP contribution is -2.11. The lowest BCUT2D eigenvalue weighted by molar-refractivity contribution is 0.0517. The van der Waals surface area contributed by atoms with Gasteiger partial charge < -0.3 is 14.3 Å². The lowest BCUT2D eigenvalue weighted by atomic mass is 10.2. The van der Waals surface area contributed by atoms with Crippen LogP contribution in [-0.2, 0) is 11.3 Å². The number of carbonyl (C=O) groups is 1. The van der Waals surface area contributed by atoms with Crippen molar-refractivity contribution >= 4 is 5.97 Å². The minimum absolute atomic E-state index is 0.330. The quantitative estimate of drug-likeness (QED) is 0.751. The summed E-state index contributed by atoms with van der Waals surface area (Å²) in [5, 5.41) is 3.94. The molecule has 0 aliphatic rings. The van der Waals surface area contributed by atoms with Crippen LogP contribution in [0.4, 0.5) is 0 Å². The molecule has 2 rings (SSSR count). The van der Waals surface area contributed by atoms with Crippen molar-refractivity contribution in [2.75, 3.05) is 13.7 Å². The van der Waals surface area contributed by atoms with Crippen LogP contribution in [0.2, 0.25) is 0 Å². The minimum atomic E-state index is -0.410. The summed E-state index contributed by atoms with van der Waals surface area (Å²) < 4.78 is 9.94. The van der Waals surface area contributed by atoms with Gasteiger partial charge in [0.25, 0.3) is 0 Å². The molecule has 0 atom stereocenters. The van der Waals surface area contributed by atoms with Gasteiger partial charge in [-0.3, -0.25) is 0 Å². The average molecular weight is 276 g/mol. The monoisotopic (exact) mass is 276 g/mol. The first kappa shape index (κ1) is 13.9. The van der Waals surface area contributed by atoms with Gasteiger partial charge in [-0.2, -0.15) is 0 Å². The second-order valence-electron chi connectivity index (χ2n) is 3.97. The van der Waals surface area contributed by atoms with Gasteiger partial charge in [0.15, 0.2) is 0 Å². The molecule has 1 aromatic carbocycles. The van der Waals surface area contributed by atoms with Gasteiger partial charge in [-0.1, -0.05) is 12.1 Å². The molecule has 0 radical (unpaired) electrons. The first-order valence-corrected chi connectivity index (χ1v) is 6.21. The highest BCUT2D eigenvalue weighted by molar-refractivity contribution is 5.88. The Morgan fingerprint density at radius 1 is 1.30 bits per heavy atom. The van der Waals surface area contributed by atoms with Crippen LogP contribution >= 0.6 is 0 Å². The Hall–Kier alpha value is -2.50. The van der Waals surface area contributed by atoms with Crippen molar-refractivity contribution in [3.05, 3.63) is 47.8 Å². The van der Waals surface area contributed by atoms with Crippen molar-refractivity contribution in [3.8, 4) is 5.75 Å².